The second kappa shape index (κ2) is 8.96. The van der Waals surface area contributed by atoms with Crippen LogP contribution in [-0.4, -0.2) is 42.4 Å². The molecule has 0 spiro atoms. The minimum absolute atomic E-state index is 0.0209. The average molecular weight is 446 g/mol. The Bertz CT molecular complexity index is 1060. The van der Waals surface area contributed by atoms with Crippen molar-refractivity contribution in [3.05, 3.63) is 46.8 Å². The minimum Gasteiger partial charge on any atom is -0.355 e. The quantitative estimate of drug-likeness (QED) is 0.756. The van der Waals surface area contributed by atoms with Crippen LogP contribution in [0.1, 0.15) is 56.2 Å². The number of sulfonamides is 1. The van der Waals surface area contributed by atoms with Crippen LogP contribution in [0.15, 0.2) is 33.7 Å². The van der Waals surface area contributed by atoms with E-state index in [1.165, 1.54) is 4.31 Å². The summed E-state index contributed by atoms with van der Waals surface area (Å²) in [5, 5.41) is 6.87. The van der Waals surface area contributed by atoms with Gasteiger partial charge in [0.25, 0.3) is 0 Å². The molecule has 0 aliphatic carbocycles. The van der Waals surface area contributed by atoms with E-state index in [1.807, 2.05) is 58.0 Å². The Balaban J connectivity index is 1.75. The van der Waals surface area contributed by atoms with Crippen LogP contribution in [0.25, 0.3) is 12.2 Å². The first kappa shape index (κ1) is 23.2. The van der Waals surface area contributed by atoms with E-state index in [2.05, 4.69) is 10.5 Å². The van der Waals surface area contributed by atoms with Crippen LogP contribution in [-0.2, 0) is 14.8 Å². The lowest BCUT2D eigenvalue weighted by molar-refractivity contribution is -0.127. The SMILES string of the molecule is Cc1ccc(C=Cc2onc(C)c2S(=O)(=O)N2CCC(C(=O)NC(C)(C)C)CC2)cc1. The predicted molar refractivity (Wildman–Crippen MR) is 121 cm³/mol. The van der Waals surface area contributed by atoms with Gasteiger partial charge in [0.1, 0.15) is 5.69 Å². The number of nitrogens with one attached hydrogen (secondary N) is 1. The van der Waals surface area contributed by atoms with Crippen LogP contribution >= 0.6 is 0 Å². The number of carbonyl (C=O) groups is 1. The molecule has 1 N–H and O–H groups in total. The van der Waals surface area contributed by atoms with Gasteiger partial charge in [0.05, 0.1) is 0 Å². The van der Waals surface area contributed by atoms with Gasteiger partial charge in [0.15, 0.2) is 10.7 Å². The van der Waals surface area contributed by atoms with E-state index in [4.69, 9.17) is 4.52 Å². The number of aromatic nitrogens is 1. The summed E-state index contributed by atoms with van der Waals surface area (Å²) in [6, 6.07) is 7.89. The molecular weight excluding hydrogens is 414 g/mol. The van der Waals surface area contributed by atoms with Crippen molar-refractivity contribution in [3.8, 4) is 0 Å². The van der Waals surface area contributed by atoms with Crippen LogP contribution in [0.5, 0.6) is 0 Å². The van der Waals surface area contributed by atoms with Crippen molar-refractivity contribution < 1.29 is 17.7 Å². The molecule has 1 aliphatic heterocycles. The van der Waals surface area contributed by atoms with Gasteiger partial charge in [-0.25, -0.2) is 8.42 Å². The van der Waals surface area contributed by atoms with Gasteiger partial charge < -0.3 is 9.84 Å². The first-order valence-corrected chi connectivity index (χ1v) is 11.9. The van der Waals surface area contributed by atoms with E-state index in [0.29, 0.717) is 18.5 Å². The smallest absolute Gasteiger partial charge is 0.248 e. The monoisotopic (exact) mass is 445 g/mol. The molecule has 1 aromatic heterocycles. The average Bonchev–Trinajstić information content (AvgIpc) is 3.07. The second-order valence-corrected chi connectivity index (χ2v) is 11.0. The number of hydrogen-bond donors (Lipinski definition) is 1. The number of carbonyl (C=O) groups excluding carboxylic acids is 1. The summed E-state index contributed by atoms with van der Waals surface area (Å²) in [5.41, 5.74) is 2.11. The van der Waals surface area contributed by atoms with E-state index < -0.39 is 10.0 Å². The summed E-state index contributed by atoms with van der Waals surface area (Å²) < 4.78 is 33.4. The maximum atomic E-state index is 13.3. The van der Waals surface area contributed by atoms with Gasteiger partial charge in [0.2, 0.25) is 15.9 Å². The topological polar surface area (TPSA) is 92.5 Å². The largest absolute Gasteiger partial charge is 0.355 e. The molecule has 0 atom stereocenters. The van der Waals surface area contributed by atoms with Crippen molar-refractivity contribution in [2.75, 3.05) is 13.1 Å². The molecule has 2 heterocycles. The Morgan fingerprint density at radius 2 is 1.74 bits per heavy atom. The summed E-state index contributed by atoms with van der Waals surface area (Å²) >= 11 is 0. The van der Waals surface area contributed by atoms with Gasteiger partial charge in [0, 0.05) is 24.5 Å². The molecule has 1 saturated heterocycles. The first-order chi connectivity index (χ1) is 14.5. The van der Waals surface area contributed by atoms with Gasteiger partial charge in [-0.2, -0.15) is 4.31 Å². The lowest BCUT2D eigenvalue weighted by Gasteiger charge is -2.32. The Labute approximate surface area is 184 Å². The number of rotatable bonds is 5. The highest BCUT2D eigenvalue weighted by Gasteiger charge is 2.36. The number of aryl methyl sites for hydroxylation is 2. The molecule has 7 nitrogen and oxygen atoms in total. The first-order valence-electron chi connectivity index (χ1n) is 10.5. The van der Waals surface area contributed by atoms with Crippen molar-refractivity contribution in [2.45, 2.75) is 57.9 Å². The highest BCUT2D eigenvalue weighted by Crippen LogP contribution is 2.29. The molecule has 3 rings (SSSR count). The van der Waals surface area contributed by atoms with Crippen LogP contribution < -0.4 is 5.32 Å². The molecule has 2 aromatic rings. The fourth-order valence-electron chi connectivity index (χ4n) is 3.61. The van der Waals surface area contributed by atoms with Crippen molar-refractivity contribution in [3.63, 3.8) is 0 Å². The van der Waals surface area contributed by atoms with E-state index in [-0.39, 0.29) is 41.1 Å². The number of amides is 1. The van der Waals surface area contributed by atoms with Crippen molar-refractivity contribution >= 4 is 28.1 Å². The van der Waals surface area contributed by atoms with Crippen molar-refractivity contribution in [2.24, 2.45) is 5.92 Å². The van der Waals surface area contributed by atoms with Gasteiger partial charge in [-0.15, -0.1) is 0 Å². The van der Waals surface area contributed by atoms with Gasteiger partial charge in [-0.05, 0) is 59.1 Å². The highest BCUT2D eigenvalue weighted by molar-refractivity contribution is 7.89. The molecule has 0 unspecified atom stereocenters. The Kier molecular flexibility index (Phi) is 6.71. The third-order valence-corrected chi connectivity index (χ3v) is 7.32. The number of piperidine rings is 1. The normalized spacial score (nSPS) is 16.7. The van der Waals surface area contributed by atoms with Crippen LogP contribution in [0, 0.1) is 19.8 Å². The highest BCUT2D eigenvalue weighted by atomic mass is 32.2. The number of nitrogens with zero attached hydrogens (tertiary/aromatic N) is 2. The summed E-state index contributed by atoms with van der Waals surface area (Å²) in [6.07, 6.45) is 4.42. The zero-order chi connectivity index (χ0) is 22.8. The molecule has 0 bridgehead atoms. The lowest BCUT2D eigenvalue weighted by atomic mass is 9.96. The molecular formula is C23H31N3O4S. The molecule has 8 heteroatoms. The van der Waals surface area contributed by atoms with Crippen LogP contribution in [0.4, 0.5) is 0 Å². The molecule has 0 radical (unpaired) electrons. The Morgan fingerprint density at radius 3 is 2.32 bits per heavy atom. The number of benzene rings is 1. The molecule has 1 aliphatic rings. The maximum absolute atomic E-state index is 13.3. The third kappa shape index (κ3) is 5.62. The predicted octanol–water partition coefficient (Wildman–Crippen LogP) is 3.78. The molecule has 0 saturated carbocycles. The zero-order valence-electron chi connectivity index (χ0n) is 18.8. The summed E-state index contributed by atoms with van der Waals surface area (Å²) in [5.74, 6) is 0.00764. The number of hydrogen-bond acceptors (Lipinski definition) is 5. The Morgan fingerprint density at radius 1 is 1.13 bits per heavy atom. The Hall–Kier alpha value is -2.45. The fourth-order valence-corrected chi connectivity index (χ4v) is 5.33. The van der Waals surface area contributed by atoms with Crippen molar-refractivity contribution in [1.82, 2.24) is 14.8 Å². The minimum atomic E-state index is -3.78. The second-order valence-electron chi connectivity index (χ2n) is 9.12. The van der Waals surface area contributed by atoms with Gasteiger partial charge in [-0.1, -0.05) is 41.1 Å². The van der Waals surface area contributed by atoms with Gasteiger partial charge >= 0.3 is 0 Å². The van der Waals surface area contributed by atoms with Gasteiger partial charge in [-0.3, -0.25) is 4.79 Å². The third-order valence-electron chi connectivity index (χ3n) is 5.26. The summed E-state index contributed by atoms with van der Waals surface area (Å²) in [6.45, 7) is 10.0. The van der Waals surface area contributed by atoms with E-state index in [0.717, 1.165) is 11.1 Å². The van der Waals surface area contributed by atoms with E-state index in [9.17, 15) is 13.2 Å². The summed E-state index contributed by atoms with van der Waals surface area (Å²) in [4.78, 5) is 12.5. The molecule has 31 heavy (non-hydrogen) atoms. The van der Waals surface area contributed by atoms with Crippen LogP contribution in [0.2, 0.25) is 0 Å². The molecule has 1 aromatic carbocycles. The fraction of sp³-hybridized carbons (Fsp3) is 0.478. The lowest BCUT2D eigenvalue weighted by Crippen LogP contribution is -2.47. The molecule has 1 amide bonds. The van der Waals surface area contributed by atoms with E-state index >= 15 is 0 Å². The van der Waals surface area contributed by atoms with Crippen LogP contribution in [0.3, 0.4) is 0 Å². The zero-order valence-corrected chi connectivity index (χ0v) is 19.6. The molecule has 168 valence electrons. The standard InChI is InChI=1S/C23H31N3O4S/c1-16-6-8-18(9-7-16)10-11-20-21(17(2)25-30-20)31(28,29)26-14-12-19(13-15-26)22(27)24-23(3,4)5/h6-11,19H,12-15H2,1-5H3,(H,24,27). The summed E-state index contributed by atoms with van der Waals surface area (Å²) in [7, 11) is -3.78. The molecule has 1 fully saturated rings. The van der Waals surface area contributed by atoms with Crippen molar-refractivity contribution in [1.29, 1.82) is 0 Å². The maximum Gasteiger partial charge on any atom is 0.248 e. The van der Waals surface area contributed by atoms with E-state index in [1.54, 1.807) is 13.0 Å².